The number of likely N-dealkylation sites (tertiary alicyclic amines) is 1. The Morgan fingerprint density at radius 1 is 1.24 bits per heavy atom. The van der Waals surface area contributed by atoms with E-state index >= 15 is 0 Å². The van der Waals surface area contributed by atoms with E-state index in [1.807, 2.05) is 41.6 Å². The third-order valence-corrected chi connectivity index (χ3v) is 4.72. The fourth-order valence-corrected chi connectivity index (χ4v) is 3.30. The van der Waals surface area contributed by atoms with Gasteiger partial charge in [-0.1, -0.05) is 12.1 Å². The molecule has 0 unspecified atom stereocenters. The molecule has 6 nitrogen and oxygen atoms in total. The van der Waals surface area contributed by atoms with Gasteiger partial charge in [0.05, 0.1) is 7.11 Å². The highest BCUT2D eigenvalue weighted by molar-refractivity contribution is 5.78. The highest BCUT2D eigenvalue weighted by atomic mass is 16.5. The van der Waals surface area contributed by atoms with Gasteiger partial charge in [0.1, 0.15) is 5.82 Å². The van der Waals surface area contributed by atoms with Gasteiger partial charge in [0.2, 0.25) is 0 Å². The maximum absolute atomic E-state index is 12.4. The average molecular weight is 343 g/mol. The minimum atomic E-state index is 0.0168. The molecule has 1 fully saturated rings. The summed E-state index contributed by atoms with van der Waals surface area (Å²) >= 11 is 0. The summed E-state index contributed by atoms with van der Waals surface area (Å²) in [6.45, 7) is 4.58. The molecule has 0 saturated carbocycles. The fourth-order valence-electron chi connectivity index (χ4n) is 3.30. The van der Waals surface area contributed by atoms with Gasteiger partial charge in [0.15, 0.2) is 18.1 Å². The predicted octanol–water partition coefficient (Wildman–Crippen LogP) is 2.70. The number of aromatic nitrogens is 2. The number of benzene rings is 1. The summed E-state index contributed by atoms with van der Waals surface area (Å²) in [7, 11) is 1.59. The Morgan fingerprint density at radius 3 is 2.64 bits per heavy atom. The number of aryl methyl sites for hydroxylation is 1. The molecule has 2 aromatic rings. The van der Waals surface area contributed by atoms with Crippen molar-refractivity contribution >= 4 is 5.91 Å². The van der Waals surface area contributed by atoms with Crippen LogP contribution in [-0.2, 0) is 11.3 Å². The van der Waals surface area contributed by atoms with E-state index in [1.54, 1.807) is 7.11 Å². The second-order valence-electron chi connectivity index (χ2n) is 6.17. The van der Waals surface area contributed by atoms with Crippen molar-refractivity contribution in [1.82, 2.24) is 14.5 Å². The molecule has 0 aliphatic carbocycles. The van der Waals surface area contributed by atoms with Crippen LogP contribution in [0.15, 0.2) is 36.7 Å². The first-order valence-corrected chi connectivity index (χ1v) is 8.77. The number of rotatable bonds is 6. The third-order valence-electron chi connectivity index (χ3n) is 4.72. The zero-order valence-electron chi connectivity index (χ0n) is 14.9. The highest BCUT2D eigenvalue weighted by Gasteiger charge is 2.26. The first kappa shape index (κ1) is 17.3. The molecule has 134 valence electrons. The van der Waals surface area contributed by atoms with Gasteiger partial charge >= 0.3 is 0 Å². The van der Waals surface area contributed by atoms with Gasteiger partial charge < -0.3 is 18.9 Å². The van der Waals surface area contributed by atoms with Gasteiger partial charge in [0, 0.05) is 37.9 Å². The van der Waals surface area contributed by atoms with E-state index in [1.165, 1.54) is 0 Å². The van der Waals surface area contributed by atoms with Gasteiger partial charge in [-0.2, -0.15) is 0 Å². The van der Waals surface area contributed by atoms with E-state index in [9.17, 15) is 4.79 Å². The van der Waals surface area contributed by atoms with Crippen molar-refractivity contribution < 1.29 is 14.3 Å². The van der Waals surface area contributed by atoms with Crippen LogP contribution in [0.2, 0.25) is 0 Å². The molecular formula is C19H25N3O3. The normalized spacial score (nSPS) is 15.2. The monoisotopic (exact) mass is 343 g/mol. The van der Waals surface area contributed by atoms with Crippen LogP contribution in [0.1, 0.15) is 31.5 Å². The summed E-state index contributed by atoms with van der Waals surface area (Å²) in [4.78, 5) is 18.8. The Labute approximate surface area is 148 Å². The Balaban J connectivity index is 1.52. The van der Waals surface area contributed by atoms with Crippen LogP contribution in [0.25, 0.3) is 0 Å². The number of hydrogen-bond donors (Lipinski definition) is 0. The number of carbonyl (C=O) groups excluding carboxylic acids is 1. The molecule has 1 amide bonds. The minimum absolute atomic E-state index is 0.0168. The van der Waals surface area contributed by atoms with Crippen molar-refractivity contribution in [2.45, 2.75) is 32.2 Å². The van der Waals surface area contributed by atoms with Gasteiger partial charge in [-0.05, 0) is 31.9 Å². The Kier molecular flexibility index (Phi) is 5.58. The van der Waals surface area contributed by atoms with Crippen LogP contribution >= 0.6 is 0 Å². The third kappa shape index (κ3) is 3.95. The second-order valence-corrected chi connectivity index (χ2v) is 6.17. The number of para-hydroxylation sites is 2. The molecule has 25 heavy (non-hydrogen) atoms. The zero-order valence-corrected chi connectivity index (χ0v) is 14.9. The maximum atomic E-state index is 12.4. The van der Waals surface area contributed by atoms with E-state index in [0.717, 1.165) is 38.3 Å². The summed E-state index contributed by atoms with van der Waals surface area (Å²) in [6.07, 6.45) is 5.76. The summed E-state index contributed by atoms with van der Waals surface area (Å²) < 4.78 is 13.1. The number of amides is 1. The van der Waals surface area contributed by atoms with Gasteiger partial charge in [-0.25, -0.2) is 4.98 Å². The zero-order chi connectivity index (χ0) is 17.6. The second kappa shape index (κ2) is 8.05. The molecule has 0 atom stereocenters. The Bertz CT molecular complexity index is 705. The number of carbonyl (C=O) groups is 1. The summed E-state index contributed by atoms with van der Waals surface area (Å²) in [5, 5.41) is 0. The minimum Gasteiger partial charge on any atom is -0.493 e. The topological polar surface area (TPSA) is 56.6 Å². The van der Waals surface area contributed by atoms with Gasteiger partial charge in [-0.3, -0.25) is 4.79 Å². The molecule has 1 aromatic carbocycles. The van der Waals surface area contributed by atoms with Crippen molar-refractivity contribution in [2.24, 2.45) is 0 Å². The lowest BCUT2D eigenvalue weighted by Gasteiger charge is -2.31. The molecule has 1 saturated heterocycles. The lowest BCUT2D eigenvalue weighted by atomic mass is 9.96. The van der Waals surface area contributed by atoms with Crippen molar-refractivity contribution in [3.63, 3.8) is 0 Å². The van der Waals surface area contributed by atoms with Gasteiger partial charge in [-0.15, -0.1) is 0 Å². The van der Waals surface area contributed by atoms with E-state index in [0.29, 0.717) is 17.4 Å². The first-order valence-electron chi connectivity index (χ1n) is 8.77. The quantitative estimate of drug-likeness (QED) is 0.809. The van der Waals surface area contributed by atoms with Crippen molar-refractivity contribution in [2.75, 3.05) is 26.8 Å². The molecule has 0 N–H and O–H groups in total. The number of imidazole rings is 1. The first-order chi connectivity index (χ1) is 12.2. The van der Waals surface area contributed by atoms with Crippen molar-refractivity contribution in [3.8, 4) is 11.5 Å². The van der Waals surface area contributed by atoms with Crippen LogP contribution in [-0.4, -0.2) is 47.2 Å². The number of ether oxygens (including phenoxy) is 2. The van der Waals surface area contributed by atoms with Crippen LogP contribution in [0.4, 0.5) is 0 Å². The molecule has 0 bridgehead atoms. The molecule has 3 rings (SSSR count). The van der Waals surface area contributed by atoms with E-state index in [4.69, 9.17) is 9.47 Å². The average Bonchev–Trinajstić information content (AvgIpc) is 3.15. The van der Waals surface area contributed by atoms with E-state index in [-0.39, 0.29) is 12.5 Å². The summed E-state index contributed by atoms with van der Waals surface area (Å²) in [5.74, 6) is 2.82. The van der Waals surface area contributed by atoms with Crippen LogP contribution < -0.4 is 9.47 Å². The molecule has 6 heteroatoms. The molecule has 0 radical (unpaired) electrons. The summed E-state index contributed by atoms with van der Waals surface area (Å²) in [5.41, 5.74) is 0. The van der Waals surface area contributed by atoms with Crippen LogP contribution in [0.3, 0.4) is 0 Å². The number of piperidine rings is 1. The molecule has 1 aromatic heterocycles. The number of hydrogen-bond acceptors (Lipinski definition) is 4. The standard InChI is InChI=1S/C19H25N3O3/c1-3-21-13-10-20-19(21)15-8-11-22(12-9-15)18(23)14-25-17-7-5-4-6-16(17)24-2/h4-7,10,13,15H,3,8-9,11-12,14H2,1-2H3. The van der Waals surface area contributed by atoms with Crippen molar-refractivity contribution in [1.29, 1.82) is 0 Å². The number of methoxy groups -OCH3 is 1. The molecule has 1 aliphatic rings. The maximum Gasteiger partial charge on any atom is 0.260 e. The van der Waals surface area contributed by atoms with Crippen molar-refractivity contribution in [3.05, 3.63) is 42.5 Å². The number of nitrogens with zero attached hydrogens (tertiary/aromatic N) is 3. The molecule has 1 aliphatic heterocycles. The van der Waals surface area contributed by atoms with Crippen LogP contribution in [0, 0.1) is 0 Å². The smallest absolute Gasteiger partial charge is 0.260 e. The predicted molar refractivity (Wildman–Crippen MR) is 94.9 cm³/mol. The largest absolute Gasteiger partial charge is 0.493 e. The lowest BCUT2D eigenvalue weighted by Crippen LogP contribution is -2.40. The Hall–Kier alpha value is -2.50. The lowest BCUT2D eigenvalue weighted by molar-refractivity contribution is -0.134. The van der Waals surface area contributed by atoms with E-state index in [2.05, 4.69) is 16.5 Å². The molecule has 2 heterocycles. The van der Waals surface area contributed by atoms with E-state index < -0.39 is 0 Å². The highest BCUT2D eigenvalue weighted by Crippen LogP contribution is 2.28. The van der Waals surface area contributed by atoms with Gasteiger partial charge in [0.25, 0.3) is 5.91 Å². The molecular weight excluding hydrogens is 318 g/mol. The molecule has 0 spiro atoms. The SMILES string of the molecule is CCn1ccnc1C1CCN(C(=O)COc2ccccc2OC)CC1. The summed E-state index contributed by atoms with van der Waals surface area (Å²) in [6, 6.07) is 7.37. The Morgan fingerprint density at radius 2 is 1.96 bits per heavy atom. The fraction of sp³-hybridized carbons (Fsp3) is 0.474. The van der Waals surface area contributed by atoms with Crippen LogP contribution in [0.5, 0.6) is 11.5 Å².